The molecule has 0 saturated carbocycles. The maximum atomic E-state index is 11.8. The third-order valence-corrected chi connectivity index (χ3v) is 4.25. The summed E-state index contributed by atoms with van der Waals surface area (Å²) in [4.78, 5) is 21.1. The van der Waals surface area contributed by atoms with E-state index in [2.05, 4.69) is 10.2 Å². The minimum Gasteiger partial charge on any atom is -0.507 e. The van der Waals surface area contributed by atoms with Gasteiger partial charge in [0.2, 0.25) is 11.8 Å². The molecule has 2 N–H and O–H groups in total. The Morgan fingerprint density at radius 1 is 0.893 bits per heavy atom. The standard InChI is InChI=1S/C18H14N4O6/c23-14-11-15(20-19-13-9-5-2-6-10-13)18(21(25)26,22(27)28)17(24)16(14)12-7-3-1-4-8-12/h1-11,17,23-24H. The summed E-state index contributed by atoms with van der Waals surface area (Å²) in [7, 11) is 0. The van der Waals surface area contributed by atoms with Gasteiger partial charge in [0, 0.05) is 11.6 Å². The van der Waals surface area contributed by atoms with Crippen LogP contribution in [-0.2, 0) is 0 Å². The normalized spacial score (nSPS) is 18.8. The van der Waals surface area contributed by atoms with Gasteiger partial charge in [-0.05, 0) is 17.7 Å². The van der Waals surface area contributed by atoms with E-state index in [4.69, 9.17) is 0 Å². The number of allylic oxidation sites excluding steroid dienone is 1. The summed E-state index contributed by atoms with van der Waals surface area (Å²) in [5.74, 6) is -0.569. The number of hydrogen-bond donors (Lipinski definition) is 2. The van der Waals surface area contributed by atoms with E-state index in [9.17, 15) is 30.4 Å². The van der Waals surface area contributed by atoms with Gasteiger partial charge in [-0.1, -0.05) is 48.5 Å². The smallest absolute Gasteiger partial charge is 0.507 e. The molecule has 10 heteroatoms. The monoisotopic (exact) mass is 382 g/mol. The lowest BCUT2D eigenvalue weighted by atomic mass is 9.84. The predicted molar refractivity (Wildman–Crippen MR) is 97.8 cm³/mol. The van der Waals surface area contributed by atoms with E-state index in [1.54, 1.807) is 36.4 Å². The Hall–Kier alpha value is -3.92. The first-order valence-corrected chi connectivity index (χ1v) is 8.03. The van der Waals surface area contributed by atoms with E-state index in [0.717, 1.165) is 6.08 Å². The number of rotatable bonds is 5. The third kappa shape index (κ3) is 3.01. The van der Waals surface area contributed by atoms with E-state index in [1.165, 1.54) is 24.3 Å². The van der Waals surface area contributed by atoms with Crippen LogP contribution in [0.5, 0.6) is 0 Å². The second-order valence-corrected chi connectivity index (χ2v) is 5.87. The Kier molecular flexibility index (Phi) is 4.96. The minimum absolute atomic E-state index is 0.205. The molecule has 1 unspecified atom stereocenters. The van der Waals surface area contributed by atoms with Crippen LogP contribution in [0.1, 0.15) is 5.56 Å². The van der Waals surface area contributed by atoms with E-state index in [0.29, 0.717) is 0 Å². The topological polar surface area (TPSA) is 151 Å². The molecule has 1 aliphatic rings. The molecule has 1 aliphatic carbocycles. The zero-order chi connectivity index (χ0) is 20.3. The van der Waals surface area contributed by atoms with Crippen molar-refractivity contribution in [2.45, 2.75) is 11.8 Å². The summed E-state index contributed by atoms with van der Waals surface area (Å²) < 4.78 is 0. The molecular weight excluding hydrogens is 368 g/mol. The molecule has 2 aromatic carbocycles. The Morgan fingerprint density at radius 3 is 1.96 bits per heavy atom. The second-order valence-electron chi connectivity index (χ2n) is 5.87. The largest absolute Gasteiger partial charge is 0.531 e. The first-order valence-electron chi connectivity index (χ1n) is 8.03. The van der Waals surface area contributed by atoms with Crippen LogP contribution in [0.4, 0.5) is 5.69 Å². The first kappa shape index (κ1) is 18.9. The Morgan fingerprint density at radius 2 is 1.43 bits per heavy atom. The summed E-state index contributed by atoms with van der Waals surface area (Å²) in [5.41, 5.74) is -3.87. The van der Waals surface area contributed by atoms with Crippen molar-refractivity contribution >= 4 is 11.3 Å². The van der Waals surface area contributed by atoms with Crippen LogP contribution in [0.25, 0.3) is 5.57 Å². The van der Waals surface area contributed by atoms with Crippen LogP contribution >= 0.6 is 0 Å². The lowest BCUT2D eigenvalue weighted by Crippen LogP contribution is -2.58. The maximum absolute atomic E-state index is 11.8. The molecule has 0 fully saturated rings. The average molecular weight is 382 g/mol. The number of nitrogens with zero attached hydrogens (tertiary/aromatic N) is 4. The van der Waals surface area contributed by atoms with Crippen molar-refractivity contribution < 1.29 is 20.1 Å². The van der Waals surface area contributed by atoms with Gasteiger partial charge in [-0.15, -0.1) is 5.11 Å². The fourth-order valence-corrected chi connectivity index (χ4v) is 2.88. The molecule has 0 amide bonds. The SMILES string of the molecule is O=[N+]([O-])C1([N+](=O)[O-])C(N=Nc2ccccc2)=CC(O)=C(c2ccccc2)C1O. The van der Waals surface area contributed by atoms with Crippen LogP contribution in [-0.4, -0.2) is 31.8 Å². The summed E-state index contributed by atoms with van der Waals surface area (Å²) in [6, 6.07) is 15.8. The zero-order valence-electron chi connectivity index (χ0n) is 14.2. The van der Waals surface area contributed by atoms with Crippen molar-refractivity contribution in [3.8, 4) is 0 Å². The van der Waals surface area contributed by atoms with Crippen LogP contribution in [0.3, 0.4) is 0 Å². The molecule has 0 radical (unpaired) electrons. The van der Waals surface area contributed by atoms with Crippen molar-refractivity contribution in [1.29, 1.82) is 0 Å². The van der Waals surface area contributed by atoms with Crippen molar-refractivity contribution in [3.63, 3.8) is 0 Å². The van der Waals surface area contributed by atoms with Crippen LogP contribution in [0.2, 0.25) is 0 Å². The number of hydrogen-bond acceptors (Lipinski definition) is 8. The lowest BCUT2D eigenvalue weighted by molar-refractivity contribution is -0.791. The molecule has 2 aromatic rings. The molecule has 0 bridgehead atoms. The number of aliphatic hydroxyl groups excluding tert-OH is 2. The molecule has 0 heterocycles. The molecule has 3 rings (SSSR count). The number of nitro groups is 2. The first-order chi connectivity index (χ1) is 13.4. The molecule has 1 atom stereocenters. The van der Waals surface area contributed by atoms with Crippen molar-refractivity contribution in [2.75, 3.05) is 0 Å². The lowest BCUT2D eigenvalue weighted by Gasteiger charge is -2.27. The van der Waals surface area contributed by atoms with Gasteiger partial charge in [0.05, 0.1) is 5.69 Å². The quantitative estimate of drug-likeness (QED) is 0.350. The highest BCUT2D eigenvalue weighted by molar-refractivity contribution is 5.75. The Labute approximate surface area is 158 Å². The molecular formula is C18H14N4O6. The van der Waals surface area contributed by atoms with Crippen LogP contribution in [0, 0.1) is 20.2 Å². The molecule has 142 valence electrons. The summed E-state index contributed by atoms with van der Waals surface area (Å²) in [6.45, 7) is 0. The highest BCUT2D eigenvalue weighted by Crippen LogP contribution is 2.41. The van der Waals surface area contributed by atoms with E-state index in [1.807, 2.05) is 0 Å². The summed E-state index contributed by atoms with van der Waals surface area (Å²) in [6.07, 6.45) is -1.51. The van der Waals surface area contributed by atoms with E-state index in [-0.39, 0.29) is 16.8 Å². The minimum atomic E-state index is -3.23. The van der Waals surface area contributed by atoms with Crippen LogP contribution in [0.15, 0.2) is 88.4 Å². The average Bonchev–Trinajstić information content (AvgIpc) is 2.67. The van der Waals surface area contributed by atoms with E-state index >= 15 is 0 Å². The highest BCUT2D eigenvalue weighted by atomic mass is 16.7. The summed E-state index contributed by atoms with van der Waals surface area (Å²) in [5, 5.41) is 52.0. The van der Waals surface area contributed by atoms with Gasteiger partial charge in [-0.3, -0.25) is 20.2 Å². The van der Waals surface area contributed by atoms with Crippen molar-refractivity contribution in [3.05, 3.63) is 104 Å². The van der Waals surface area contributed by atoms with Gasteiger partial charge in [0.15, 0.2) is 0 Å². The fourth-order valence-electron chi connectivity index (χ4n) is 2.88. The molecule has 28 heavy (non-hydrogen) atoms. The van der Waals surface area contributed by atoms with Gasteiger partial charge in [0.25, 0.3) is 0 Å². The summed E-state index contributed by atoms with van der Waals surface area (Å²) >= 11 is 0. The molecule has 0 spiro atoms. The fraction of sp³-hybridized carbons (Fsp3) is 0.111. The Bertz CT molecular complexity index is 987. The molecule has 0 aromatic heterocycles. The zero-order valence-corrected chi connectivity index (χ0v) is 14.2. The third-order valence-electron chi connectivity index (χ3n) is 4.25. The molecule has 0 aliphatic heterocycles. The van der Waals surface area contributed by atoms with Gasteiger partial charge >= 0.3 is 5.66 Å². The number of benzene rings is 2. The predicted octanol–water partition coefficient (Wildman–Crippen LogP) is 3.25. The number of azo groups is 1. The highest BCUT2D eigenvalue weighted by Gasteiger charge is 2.70. The number of aliphatic hydroxyl groups is 2. The Balaban J connectivity index is 2.21. The van der Waals surface area contributed by atoms with Gasteiger partial charge in [0.1, 0.15) is 15.6 Å². The molecule has 10 nitrogen and oxygen atoms in total. The van der Waals surface area contributed by atoms with E-state index < -0.39 is 33.1 Å². The van der Waals surface area contributed by atoms with Crippen molar-refractivity contribution in [1.82, 2.24) is 0 Å². The van der Waals surface area contributed by atoms with Crippen molar-refractivity contribution in [2.24, 2.45) is 10.2 Å². The second kappa shape index (κ2) is 7.37. The van der Waals surface area contributed by atoms with Gasteiger partial charge in [-0.2, -0.15) is 5.11 Å². The van der Waals surface area contributed by atoms with Gasteiger partial charge < -0.3 is 10.2 Å². The molecule has 0 saturated heterocycles. The van der Waals surface area contributed by atoms with Crippen LogP contribution < -0.4 is 0 Å². The maximum Gasteiger partial charge on any atom is 0.531 e. The van der Waals surface area contributed by atoms with Gasteiger partial charge in [-0.25, -0.2) is 0 Å².